The van der Waals surface area contributed by atoms with Gasteiger partial charge in [-0.3, -0.25) is 0 Å². The first-order valence-electron chi connectivity index (χ1n) is 6.34. The molecule has 5 heteroatoms. The summed E-state index contributed by atoms with van der Waals surface area (Å²) >= 11 is 3.33. The summed E-state index contributed by atoms with van der Waals surface area (Å²) < 4.78 is 16.5. The van der Waals surface area contributed by atoms with E-state index in [9.17, 15) is 4.79 Å². The van der Waals surface area contributed by atoms with Gasteiger partial charge in [0.15, 0.2) is 6.61 Å². The Hall–Kier alpha value is -2.01. The van der Waals surface area contributed by atoms with Crippen molar-refractivity contribution in [1.29, 1.82) is 0 Å². The second-order valence-electron chi connectivity index (χ2n) is 4.25. The minimum absolute atomic E-state index is 0.113. The van der Waals surface area contributed by atoms with Crippen molar-refractivity contribution in [3.8, 4) is 11.5 Å². The molecule has 110 valence electrons. The molecule has 0 saturated heterocycles. The third-order valence-electron chi connectivity index (χ3n) is 2.73. The van der Waals surface area contributed by atoms with Crippen molar-refractivity contribution in [3.05, 3.63) is 58.6 Å². The summed E-state index contributed by atoms with van der Waals surface area (Å²) in [6, 6.07) is 14.6. The highest BCUT2D eigenvalue weighted by Crippen LogP contribution is 2.16. The van der Waals surface area contributed by atoms with Crippen molar-refractivity contribution in [2.24, 2.45) is 0 Å². The molecule has 0 unspecified atom stereocenters. The van der Waals surface area contributed by atoms with Gasteiger partial charge in [0.05, 0.1) is 7.11 Å². The maximum atomic E-state index is 11.6. The second-order valence-corrected chi connectivity index (χ2v) is 5.17. The molecule has 21 heavy (non-hydrogen) atoms. The summed E-state index contributed by atoms with van der Waals surface area (Å²) in [5, 5.41) is 0. The van der Waals surface area contributed by atoms with Gasteiger partial charge in [-0.05, 0) is 42.0 Å². The fourth-order valence-corrected chi connectivity index (χ4v) is 1.86. The van der Waals surface area contributed by atoms with Crippen LogP contribution in [0.5, 0.6) is 11.5 Å². The Labute approximate surface area is 131 Å². The van der Waals surface area contributed by atoms with Gasteiger partial charge in [-0.15, -0.1) is 0 Å². The van der Waals surface area contributed by atoms with E-state index in [2.05, 4.69) is 15.9 Å². The molecule has 0 aliphatic rings. The van der Waals surface area contributed by atoms with Gasteiger partial charge in [0.25, 0.3) is 0 Å². The van der Waals surface area contributed by atoms with E-state index in [1.165, 1.54) is 0 Å². The van der Waals surface area contributed by atoms with Gasteiger partial charge in [0, 0.05) is 4.47 Å². The van der Waals surface area contributed by atoms with Crippen LogP contribution >= 0.6 is 15.9 Å². The molecule has 0 saturated carbocycles. The van der Waals surface area contributed by atoms with Gasteiger partial charge in [-0.1, -0.05) is 28.1 Å². The zero-order chi connectivity index (χ0) is 15.1. The number of hydrogen-bond acceptors (Lipinski definition) is 4. The van der Waals surface area contributed by atoms with Gasteiger partial charge in [0.1, 0.15) is 18.1 Å². The third kappa shape index (κ3) is 5.11. The largest absolute Gasteiger partial charge is 0.497 e. The molecule has 0 radical (unpaired) electrons. The molecule has 2 rings (SSSR count). The van der Waals surface area contributed by atoms with Crippen LogP contribution in [0.4, 0.5) is 0 Å². The molecule has 0 atom stereocenters. The van der Waals surface area contributed by atoms with Crippen molar-refractivity contribution in [2.75, 3.05) is 13.7 Å². The predicted octanol–water partition coefficient (Wildman–Crippen LogP) is 3.58. The lowest BCUT2D eigenvalue weighted by molar-refractivity contribution is -0.147. The lowest BCUT2D eigenvalue weighted by Gasteiger charge is -2.07. The van der Waals surface area contributed by atoms with E-state index in [4.69, 9.17) is 14.2 Å². The Bertz CT molecular complexity index is 578. The van der Waals surface area contributed by atoms with Gasteiger partial charge in [-0.2, -0.15) is 0 Å². The number of rotatable bonds is 6. The normalized spacial score (nSPS) is 10.0. The number of esters is 1. The number of methoxy groups -OCH3 is 1. The van der Waals surface area contributed by atoms with Crippen LogP contribution in [0, 0.1) is 0 Å². The van der Waals surface area contributed by atoms with Crippen LogP contribution in [-0.4, -0.2) is 19.7 Å². The van der Waals surface area contributed by atoms with Crippen molar-refractivity contribution in [2.45, 2.75) is 6.61 Å². The van der Waals surface area contributed by atoms with Crippen LogP contribution in [-0.2, 0) is 16.1 Å². The molecule has 0 fully saturated rings. The number of benzene rings is 2. The van der Waals surface area contributed by atoms with Gasteiger partial charge < -0.3 is 14.2 Å². The molecule has 0 amide bonds. The van der Waals surface area contributed by atoms with Crippen LogP contribution in [0.25, 0.3) is 0 Å². The minimum atomic E-state index is -0.409. The average molecular weight is 351 g/mol. The monoisotopic (exact) mass is 350 g/mol. The SMILES string of the molecule is COc1ccc(COC(=O)COc2ccc(Br)cc2)cc1. The summed E-state index contributed by atoms with van der Waals surface area (Å²) in [6.07, 6.45) is 0. The van der Waals surface area contributed by atoms with E-state index in [1.54, 1.807) is 19.2 Å². The summed E-state index contributed by atoms with van der Waals surface area (Å²) in [4.78, 5) is 11.6. The van der Waals surface area contributed by atoms with E-state index in [0.29, 0.717) is 5.75 Å². The highest BCUT2D eigenvalue weighted by atomic mass is 79.9. The Balaban J connectivity index is 1.75. The van der Waals surface area contributed by atoms with E-state index < -0.39 is 5.97 Å². The average Bonchev–Trinajstić information content (AvgIpc) is 2.53. The summed E-state index contributed by atoms with van der Waals surface area (Å²) in [5.74, 6) is 0.983. The van der Waals surface area contributed by atoms with Crippen LogP contribution < -0.4 is 9.47 Å². The second kappa shape index (κ2) is 7.69. The van der Waals surface area contributed by atoms with Crippen LogP contribution in [0.1, 0.15) is 5.56 Å². The maximum Gasteiger partial charge on any atom is 0.344 e. The van der Waals surface area contributed by atoms with Crippen LogP contribution in [0.3, 0.4) is 0 Å². The zero-order valence-corrected chi connectivity index (χ0v) is 13.1. The standard InChI is InChI=1S/C16H15BrO4/c1-19-14-6-2-12(3-7-14)10-21-16(18)11-20-15-8-4-13(17)5-9-15/h2-9H,10-11H2,1H3. The Morgan fingerprint density at radius 2 is 1.62 bits per heavy atom. The number of carbonyl (C=O) groups is 1. The number of ether oxygens (including phenoxy) is 3. The van der Waals surface area contributed by atoms with Crippen molar-refractivity contribution in [3.63, 3.8) is 0 Å². The Kier molecular flexibility index (Phi) is 5.63. The molecular weight excluding hydrogens is 336 g/mol. The Morgan fingerprint density at radius 3 is 2.24 bits per heavy atom. The van der Waals surface area contributed by atoms with E-state index >= 15 is 0 Å². The fourth-order valence-electron chi connectivity index (χ4n) is 1.60. The molecule has 2 aromatic carbocycles. The van der Waals surface area contributed by atoms with Crippen molar-refractivity contribution in [1.82, 2.24) is 0 Å². The van der Waals surface area contributed by atoms with Crippen LogP contribution in [0.2, 0.25) is 0 Å². The predicted molar refractivity (Wildman–Crippen MR) is 82.4 cm³/mol. The molecule has 4 nitrogen and oxygen atoms in total. The lowest BCUT2D eigenvalue weighted by Crippen LogP contribution is -2.14. The highest BCUT2D eigenvalue weighted by Gasteiger charge is 2.05. The van der Waals surface area contributed by atoms with Gasteiger partial charge in [0.2, 0.25) is 0 Å². The molecule has 0 aliphatic heterocycles. The van der Waals surface area contributed by atoms with Gasteiger partial charge in [-0.25, -0.2) is 4.79 Å². The van der Waals surface area contributed by atoms with E-state index in [1.807, 2.05) is 36.4 Å². The summed E-state index contributed by atoms with van der Waals surface area (Å²) in [5.41, 5.74) is 0.896. The number of carbonyl (C=O) groups excluding carboxylic acids is 1. The molecule has 2 aromatic rings. The molecule has 0 N–H and O–H groups in total. The lowest BCUT2D eigenvalue weighted by atomic mass is 10.2. The van der Waals surface area contributed by atoms with Crippen molar-refractivity contribution < 1.29 is 19.0 Å². The molecular formula is C16H15BrO4. The first kappa shape index (κ1) is 15.4. The topological polar surface area (TPSA) is 44.8 Å². The molecule has 0 heterocycles. The maximum absolute atomic E-state index is 11.6. The quantitative estimate of drug-likeness (QED) is 0.747. The number of halogens is 1. The molecule has 0 bridgehead atoms. The van der Waals surface area contributed by atoms with Gasteiger partial charge >= 0.3 is 5.97 Å². The van der Waals surface area contributed by atoms with E-state index in [-0.39, 0.29) is 13.2 Å². The summed E-state index contributed by atoms with van der Waals surface area (Å²) in [7, 11) is 1.61. The first-order valence-corrected chi connectivity index (χ1v) is 7.13. The highest BCUT2D eigenvalue weighted by molar-refractivity contribution is 9.10. The molecule has 0 aliphatic carbocycles. The number of hydrogen-bond donors (Lipinski definition) is 0. The molecule has 0 spiro atoms. The fraction of sp³-hybridized carbons (Fsp3) is 0.188. The van der Waals surface area contributed by atoms with Crippen LogP contribution in [0.15, 0.2) is 53.0 Å². The molecule has 0 aromatic heterocycles. The smallest absolute Gasteiger partial charge is 0.344 e. The van der Waals surface area contributed by atoms with E-state index in [0.717, 1.165) is 15.8 Å². The minimum Gasteiger partial charge on any atom is -0.497 e. The Morgan fingerprint density at radius 1 is 1.00 bits per heavy atom. The third-order valence-corrected chi connectivity index (χ3v) is 3.26. The first-order chi connectivity index (χ1) is 10.2. The summed E-state index contributed by atoms with van der Waals surface area (Å²) in [6.45, 7) is 0.102. The zero-order valence-electron chi connectivity index (χ0n) is 11.5. The van der Waals surface area contributed by atoms with Crippen molar-refractivity contribution >= 4 is 21.9 Å².